The van der Waals surface area contributed by atoms with Crippen LogP contribution in [0.15, 0.2) is 24.3 Å². The minimum Gasteiger partial charge on any atom is -0.497 e. The van der Waals surface area contributed by atoms with Crippen molar-refractivity contribution in [1.82, 2.24) is 0 Å². The Balaban J connectivity index is 2.84. The first-order chi connectivity index (χ1) is 7.48. The predicted octanol–water partition coefficient (Wildman–Crippen LogP) is 1.13. The Morgan fingerprint density at radius 1 is 1.44 bits per heavy atom. The molecule has 16 heavy (non-hydrogen) atoms. The van der Waals surface area contributed by atoms with Crippen molar-refractivity contribution in [3.8, 4) is 5.75 Å². The number of hydrogen-bond donors (Lipinski definition) is 1. The first-order valence-corrected chi connectivity index (χ1v) is 6.90. The quantitative estimate of drug-likeness (QED) is 0.841. The summed E-state index contributed by atoms with van der Waals surface area (Å²) in [5.74, 6) is 0.767. The fourth-order valence-electron chi connectivity index (χ4n) is 1.36. The van der Waals surface area contributed by atoms with Gasteiger partial charge in [-0.1, -0.05) is 19.1 Å². The highest BCUT2D eigenvalue weighted by molar-refractivity contribution is 7.91. The van der Waals surface area contributed by atoms with E-state index in [0.717, 1.165) is 5.56 Å². The molecule has 5 heteroatoms. The van der Waals surface area contributed by atoms with Gasteiger partial charge in [-0.15, -0.1) is 0 Å². The molecule has 0 radical (unpaired) electrons. The number of sulfone groups is 1. The fourth-order valence-corrected chi connectivity index (χ4v) is 2.34. The number of benzene rings is 1. The zero-order chi connectivity index (χ0) is 12.2. The van der Waals surface area contributed by atoms with E-state index in [0.29, 0.717) is 5.75 Å². The van der Waals surface area contributed by atoms with Crippen LogP contribution in [0.3, 0.4) is 0 Å². The SMILES string of the molecule is CCS(=O)(=O)CC(N)c1cccc(OC)c1. The van der Waals surface area contributed by atoms with E-state index in [-0.39, 0.29) is 11.5 Å². The van der Waals surface area contributed by atoms with Crippen molar-refractivity contribution < 1.29 is 13.2 Å². The summed E-state index contributed by atoms with van der Waals surface area (Å²) in [4.78, 5) is 0. The molecule has 90 valence electrons. The number of rotatable bonds is 5. The molecule has 4 nitrogen and oxygen atoms in total. The number of ether oxygens (including phenoxy) is 1. The highest BCUT2D eigenvalue weighted by atomic mass is 32.2. The molecule has 2 N–H and O–H groups in total. The topological polar surface area (TPSA) is 69.4 Å². The summed E-state index contributed by atoms with van der Waals surface area (Å²) in [5, 5.41) is 0. The van der Waals surface area contributed by atoms with E-state index in [1.165, 1.54) is 0 Å². The van der Waals surface area contributed by atoms with Crippen LogP contribution < -0.4 is 10.5 Å². The van der Waals surface area contributed by atoms with Crippen molar-refractivity contribution >= 4 is 9.84 Å². The van der Waals surface area contributed by atoms with Gasteiger partial charge in [0.15, 0.2) is 9.84 Å². The second-order valence-electron chi connectivity index (χ2n) is 3.58. The smallest absolute Gasteiger partial charge is 0.151 e. The Morgan fingerprint density at radius 2 is 2.12 bits per heavy atom. The molecule has 1 unspecified atom stereocenters. The lowest BCUT2D eigenvalue weighted by Gasteiger charge is -2.12. The lowest BCUT2D eigenvalue weighted by Crippen LogP contribution is -2.22. The highest BCUT2D eigenvalue weighted by Gasteiger charge is 2.15. The monoisotopic (exact) mass is 243 g/mol. The Hall–Kier alpha value is -1.07. The first-order valence-electron chi connectivity index (χ1n) is 5.08. The Kier molecular flexibility index (Phi) is 4.32. The predicted molar refractivity (Wildman–Crippen MR) is 64.3 cm³/mol. The van der Waals surface area contributed by atoms with E-state index in [2.05, 4.69) is 0 Å². The largest absolute Gasteiger partial charge is 0.497 e. The summed E-state index contributed by atoms with van der Waals surface area (Å²) >= 11 is 0. The van der Waals surface area contributed by atoms with E-state index in [4.69, 9.17) is 10.5 Å². The van der Waals surface area contributed by atoms with Crippen LogP contribution in [-0.4, -0.2) is 27.0 Å². The maximum absolute atomic E-state index is 11.4. The maximum Gasteiger partial charge on any atom is 0.151 e. The fraction of sp³-hybridized carbons (Fsp3) is 0.455. The number of methoxy groups -OCH3 is 1. The van der Waals surface area contributed by atoms with Gasteiger partial charge >= 0.3 is 0 Å². The average molecular weight is 243 g/mol. The van der Waals surface area contributed by atoms with E-state index in [1.807, 2.05) is 0 Å². The Labute approximate surface area is 96.3 Å². The van der Waals surface area contributed by atoms with Gasteiger partial charge in [-0.05, 0) is 17.7 Å². The molecule has 0 amide bonds. The summed E-state index contributed by atoms with van der Waals surface area (Å²) in [7, 11) is -1.49. The minimum atomic E-state index is -3.05. The van der Waals surface area contributed by atoms with Crippen LogP contribution in [-0.2, 0) is 9.84 Å². The van der Waals surface area contributed by atoms with Crippen LogP contribution in [0, 0.1) is 0 Å². The highest BCUT2D eigenvalue weighted by Crippen LogP contribution is 2.18. The molecule has 0 fully saturated rings. The minimum absolute atomic E-state index is 0.0311. The van der Waals surface area contributed by atoms with Crippen molar-refractivity contribution in [2.24, 2.45) is 5.73 Å². The molecular formula is C11H17NO3S. The summed E-state index contributed by atoms with van der Waals surface area (Å²) < 4.78 is 27.9. The van der Waals surface area contributed by atoms with Gasteiger partial charge in [0.1, 0.15) is 5.75 Å². The zero-order valence-electron chi connectivity index (χ0n) is 9.51. The van der Waals surface area contributed by atoms with Crippen LogP contribution in [0.1, 0.15) is 18.5 Å². The molecule has 0 aliphatic heterocycles. The van der Waals surface area contributed by atoms with Gasteiger partial charge in [0.05, 0.1) is 12.9 Å². The second kappa shape index (κ2) is 5.32. The second-order valence-corrected chi connectivity index (χ2v) is 5.98. The van der Waals surface area contributed by atoms with Crippen molar-refractivity contribution in [2.75, 3.05) is 18.6 Å². The lowest BCUT2D eigenvalue weighted by molar-refractivity contribution is 0.414. The Morgan fingerprint density at radius 3 is 2.69 bits per heavy atom. The van der Waals surface area contributed by atoms with Gasteiger partial charge < -0.3 is 10.5 Å². The molecule has 1 rings (SSSR count). The molecule has 1 aromatic carbocycles. The third-order valence-corrected chi connectivity index (χ3v) is 4.14. The summed E-state index contributed by atoms with van der Waals surface area (Å²) in [5.41, 5.74) is 6.62. The molecule has 0 heterocycles. The summed E-state index contributed by atoms with van der Waals surface area (Å²) in [6, 6.07) is 6.66. The van der Waals surface area contributed by atoms with Crippen molar-refractivity contribution in [2.45, 2.75) is 13.0 Å². The van der Waals surface area contributed by atoms with Crippen LogP contribution in [0.2, 0.25) is 0 Å². The molecule has 1 aromatic rings. The van der Waals surface area contributed by atoms with E-state index < -0.39 is 15.9 Å². The van der Waals surface area contributed by atoms with Crippen LogP contribution in [0.25, 0.3) is 0 Å². The van der Waals surface area contributed by atoms with Crippen molar-refractivity contribution in [3.63, 3.8) is 0 Å². The van der Waals surface area contributed by atoms with E-state index in [9.17, 15) is 8.42 Å². The molecule has 0 saturated carbocycles. The van der Waals surface area contributed by atoms with Crippen LogP contribution in [0.4, 0.5) is 0 Å². The third-order valence-electron chi connectivity index (χ3n) is 2.40. The number of hydrogen-bond acceptors (Lipinski definition) is 4. The van der Waals surface area contributed by atoms with Gasteiger partial charge in [-0.3, -0.25) is 0 Å². The molecular weight excluding hydrogens is 226 g/mol. The van der Waals surface area contributed by atoms with Gasteiger partial charge in [0, 0.05) is 11.8 Å². The van der Waals surface area contributed by atoms with Crippen molar-refractivity contribution in [3.05, 3.63) is 29.8 Å². The molecule has 0 saturated heterocycles. The standard InChI is InChI=1S/C11H17NO3S/c1-3-16(13,14)8-11(12)9-5-4-6-10(7-9)15-2/h4-7,11H,3,8,12H2,1-2H3. The molecule has 0 bridgehead atoms. The van der Waals surface area contributed by atoms with Gasteiger partial charge in [-0.2, -0.15) is 0 Å². The summed E-state index contributed by atoms with van der Waals surface area (Å²) in [6.45, 7) is 1.62. The average Bonchev–Trinajstić information content (AvgIpc) is 2.28. The molecule has 0 aliphatic rings. The maximum atomic E-state index is 11.4. The molecule has 0 spiro atoms. The van der Waals surface area contributed by atoms with Gasteiger partial charge in [-0.25, -0.2) is 8.42 Å². The lowest BCUT2D eigenvalue weighted by atomic mass is 10.1. The third kappa shape index (κ3) is 3.50. The first kappa shape index (κ1) is 13.0. The van der Waals surface area contributed by atoms with E-state index in [1.54, 1.807) is 38.3 Å². The Bertz CT molecular complexity index is 442. The molecule has 1 atom stereocenters. The number of nitrogens with two attached hydrogens (primary N) is 1. The van der Waals surface area contributed by atoms with Crippen LogP contribution in [0.5, 0.6) is 5.75 Å². The zero-order valence-corrected chi connectivity index (χ0v) is 10.3. The normalized spacial score (nSPS) is 13.4. The molecule has 0 aromatic heterocycles. The van der Waals surface area contributed by atoms with E-state index >= 15 is 0 Å². The van der Waals surface area contributed by atoms with Crippen molar-refractivity contribution in [1.29, 1.82) is 0 Å². The summed E-state index contributed by atoms with van der Waals surface area (Å²) in [6.07, 6.45) is 0. The molecule has 0 aliphatic carbocycles. The van der Waals surface area contributed by atoms with Gasteiger partial charge in [0.2, 0.25) is 0 Å². The van der Waals surface area contributed by atoms with Crippen LogP contribution >= 0.6 is 0 Å². The van der Waals surface area contributed by atoms with Gasteiger partial charge in [0.25, 0.3) is 0 Å².